The zero-order valence-corrected chi connectivity index (χ0v) is 19.1. The number of sulfone groups is 1. The maximum Gasteiger partial charge on any atom is 0.387 e. The minimum absolute atomic E-state index is 0.0562. The lowest BCUT2D eigenvalue weighted by Gasteiger charge is -2.17. The van der Waals surface area contributed by atoms with Crippen LogP contribution in [0.1, 0.15) is 5.56 Å². The Balaban J connectivity index is 2.21. The molecule has 14 heteroatoms. The number of ether oxygens (including phenoxy) is 1. The van der Waals surface area contributed by atoms with E-state index in [0.29, 0.717) is 6.34 Å². The number of rotatable bonds is 12. The summed E-state index contributed by atoms with van der Waals surface area (Å²) in [5, 5.41) is 13.1. The molecule has 0 heterocycles. The number of hydrogen-bond acceptors (Lipinski definition) is 7. The average molecular weight is 515 g/mol. The SMILES string of the molecule is N#CCNC(=O)[C@H](CS(=O)(=O)Cc1ccccc1OC(F)F)N/C=N/S(=O)(=O)c1ccccc1. The fourth-order valence-electron chi connectivity index (χ4n) is 2.68. The van der Waals surface area contributed by atoms with Gasteiger partial charge in [-0.1, -0.05) is 36.4 Å². The van der Waals surface area contributed by atoms with Gasteiger partial charge in [0.05, 0.1) is 22.5 Å². The average Bonchev–Trinajstić information content (AvgIpc) is 2.78. The van der Waals surface area contributed by atoms with Crippen molar-refractivity contribution in [2.24, 2.45) is 4.40 Å². The monoisotopic (exact) mass is 514 g/mol. The van der Waals surface area contributed by atoms with Gasteiger partial charge < -0.3 is 15.4 Å². The van der Waals surface area contributed by atoms with Crippen LogP contribution in [0.25, 0.3) is 0 Å². The summed E-state index contributed by atoms with van der Waals surface area (Å²) in [5.74, 6) is -2.84. The minimum Gasteiger partial charge on any atom is -0.435 e. The van der Waals surface area contributed by atoms with Crippen LogP contribution in [0.2, 0.25) is 0 Å². The predicted molar refractivity (Wildman–Crippen MR) is 118 cm³/mol. The molecule has 2 aromatic carbocycles. The molecule has 0 aliphatic carbocycles. The molecule has 0 bridgehead atoms. The fraction of sp³-hybridized carbons (Fsp3) is 0.250. The Hall–Kier alpha value is -3.57. The number of alkyl halides is 2. The summed E-state index contributed by atoms with van der Waals surface area (Å²) in [6.07, 6.45) is 0.669. The summed E-state index contributed by atoms with van der Waals surface area (Å²) in [6, 6.07) is 12.6. The summed E-state index contributed by atoms with van der Waals surface area (Å²) in [5.41, 5.74) is -0.0562. The van der Waals surface area contributed by atoms with Gasteiger partial charge in [0.2, 0.25) is 5.91 Å². The first kappa shape index (κ1) is 26.7. The van der Waals surface area contributed by atoms with E-state index in [9.17, 15) is 30.4 Å². The van der Waals surface area contributed by atoms with Crippen LogP contribution in [-0.2, 0) is 30.4 Å². The summed E-state index contributed by atoms with van der Waals surface area (Å²) >= 11 is 0. The zero-order chi connectivity index (χ0) is 25.2. The molecule has 1 atom stereocenters. The number of nitrogens with one attached hydrogen (secondary N) is 2. The van der Waals surface area contributed by atoms with Crippen molar-refractivity contribution < 1.29 is 35.1 Å². The van der Waals surface area contributed by atoms with Gasteiger partial charge in [-0.2, -0.15) is 22.5 Å². The molecule has 10 nitrogen and oxygen atoms in total. The van der Waals surface area contributed by atoms with E-state index in [-0.39, 0.29) is 16.2 Å². The first-order valence-electron chi connectivity index (χ1n) is 9.52. The second-order valence-electron chi connectivity index (χ2n) is 6.66. The number of para-hydroxylation sites is 1. The van der Waals surface area contributed by atoms with E-state index in [1.807, 2.05) is 0 Å². The van der Waals surface area contributed by atoms with Crippen LogP contribution in [0.4, 0.5) is 8.78 Å². The number of carbonyl (C=O) groups is 1. The Morgan fingerprint density at radius 2 is 1.74 bits per heavy atom. The van der Waals surface area contributed by atoms with E-state index in [2.05, 4.69) is 19.8 Å². The molecule has 0 radical (unpaired) electrons. The highest BCUT2D eigenvalue weighted by atomic mass is 32.2. The lowest BCUT2D eigenvalue weighted by molar-refractivity contribution is -0.122. The standard InChI is InChI=1S/C20H20F2N4O6S2/c21-20(22)32-18-9-5-4-6-15(18)12-33(28,29)13-17(19(27)24-11-10-23)25-14-26-34(30,31)16-7-2-1-3-8-16/h1-9,14,17,20H,11-13H2,(H,24,27)(H,25,26)/t17-/m0/s1. The fourth-order valence-corrected chi connectivity index (χ4v) is 5.08. The lowest BCUT2D eigenvalue weighted by atomic mass is 10.2. The van der Waals surface area contributed by atoms with Gasteiger partial charge in [0, 0.05) is 5.56 Å². The van der Waals surface area contributed by atoms with E-state index in [1.165, 1.54) is 48.5 Å². The molecule has 34 heavy (non-hydrogen) atoms. The van der Waals surface area contributed by atoms with Crippen LogP contribution in [-0.4, -0.2) is 54.0 Å². The molecule has 0 saturated carbocycles. The highest BCUT2D eigenvalue weighted by molar-refractivity contribution is 7.90. The molecule has 2 aromatic rings. The van der Waals surface area contributed by atoms with Crippen LogP contribution < -0.4 is 15.4 Å². The van der Waals surface area contributed by atoms with Crippen molar-refractivity contribution in [2.45, 2.75) is 23.3 Å². The molecule has 0 saturated heterocycles. The Kier molecular flexibility index (Phi) is 9.46. The quantitative estimate of drug-likeness (QED) is 0.243. The number of halogens is 2. The third-order valence-electron chi connectivity index (χ3n) is 4.15. The molecule has 0 unspecified atom stereocenters. The normalized spacial score (nSPS) is 12.8. The van der Waals surface area contributed by atoms with Gasteiger partial charge in [-0.05, 0) is 18.2 Å². The van der Waals surface area contributed by atoms with Crippen LogP contribution in [0, 0.1) is 11.3 Å². The number of amides is 1. The van der Waals surface area contributed by atoms with Crippen LogP contribution >= 0.6 is 0 Å². The lowest BCUT2D eigenvalue weighted by Crippen LogP contribution is -2.48. The second-order valence-corrected chi connectivity index (χ2v) is 10.4. The molecule has 2 N–H and O–H groups in total. The van der Waals surface area contributed by atoms with E-state index >= 15 is 0 Å². The smallest absolute Gasteiger partial charge is 0.387 e. The van der Waals surface area contributed by atoms with E-state index in [4.69, 9.17) is 5.26 Å². The van der Waals surface area contributed by atoms with Crippen molar-refractivity contribution in [2.75, 3.05) is 12.3 Å². The molecule has 2 rings (SSSR count). The van der Waals surface area contributed by atoms with Crippen LogP contribution in [0.15, 0.2) is 63.9 Å². The molecule has 0 aromatic heterocycles. The molecule has 0 aliphatic heterocycles. The van der Waals surface area contributed by atoms with Crippen LogP contribution in [0.3, 0.4) is 0 Å². The maximum atomic E-state index is 12.7. The molecular formula is C20H20F2N4O6S2. The number of nitrogens with zero attached hydrogens (tertiary/aromatic N) is 2. The second kappa shape index (κ2) is 12.1. The van der Waals surface area contributed by atoms with E-state index < -0.39 is 56.5 Å². The number of nitriles is 1. The Morgan fingerprint density at radius 1 is 1.09 bits per heavy atom. The van der Waals surface area contributed by atoms with Crippen molar-refractivity contribution in [1.82, 2.24) is 10.6 Å². The third-order valence-corrected chi connectivity index (χ3v) is 6.99. The zero-order valence-electron chi connectivity index (χ0n) is 17.5. The van der Waals surface area contributed by atoms with Crippen molar-refractivity contribution in [3.05, 3.63) is 60.2 Å². The molecule has 0 spiro atoms. The van der Waals surface area contributed by atoms with Gasteiger partial charge in [-0.3, -0.25) is 4.79 Å². The van der Waals surface area contributed by atoms with Crippen molar-refractivity contribution in [3.63, 3.8) is 0 Å². The van der Waals surface area contributed by atoms with Crippen molar-refractivity contribution in [3.8, 4) is 11.8 Å². The Labute approximate surface area is 195 Å². The Bertz CT molecular complexity index is 1260. The molecule has 0 fully saturated rings. The van der Waals surface area contributed by atoms with Gasteiger partial charge >= 0.3 is 6.61 Å². The number of carbonyl (C=O) groups excluding carboxylic acids is 1. The highest BCUT2D eigenvalue weighted by Crippen LogP contribution is 2.23. The highest BCUT2D eigenvalue weighted by Gasteiger charge is 2.26. The summed E-state index contributed by atoms with van der Waals surface area (Å²) < 4.78 is 82.8. The predicted octanol–water partition coefficient (Wildman–Crippen LogP) is 1.22. The summed E-state index contributed by atoms with van der Waals surface area (Å²) in [4.78, 5) is 12.2. The number of hydrogen-bond donors (Lipinski definition) is 2. The van der Waals surface area contributed by atoms with Gasteiger partial charge in [0.25, 0.3) is 10.0 Å². The van der Waals surface area contributed by atoms with Crippen molar-refractivity contribution in [1.29, 1.82) is 5.26 Å². The van der Waals surface area contributed by atoms with Gasteiger partial charge in [0.15, 0.2) is 9.84 Å². The molecular weight excluding hydrogens is 494 g/mol. The Morgan fingerprint density at radius 3 is 2.38 bits per heavy atom. The first-order valence-corrected chi connectivity index (χ1v) is 12.8. The molecule has 0 aliphatic rings. The maximum absolute atomic E-state index is 12.7. The topological polar surface area (TPSA) is 155 Å². The van der Waals surface area contributed by atoms with Crippen LogP contribution in [0.5, 0.6) is 5.75 Å². The summed E-state index contributed by atoms with van der Waals surface area (Å²) in [6.45, 7) is -3.60. The molecule has 1 amide bonds. The molecule has 182 valence electrons. The third kappa shape index (κ3) is 8.41. The number of benzene rings is 2. The van der Waals surface area contributed by atoms with Gasteiger partial charge in [-0.15, -0.1) is 4.40 Å². The van der Waals surface area contributed by atoms with Crippen molar-refractivity contribution >= 4 is 32.1 Å². The first-order chi connectivity index (χ1) is 16.0. The largest absolute Gasteiger partial charge is 0.435 e. The van der Waals surface area contributed by atoms with Gasteiger partial charge in [-0.25, -0.2) is 8.42 Å². The van der Waals surface area contributed by atoms with E-state index in [1.54, 1.807) is 12.1 Å². The number of sulfonamides is 1. The minimum atomic E-state index is -4.12. The van der Waals surface area contributed by atoms with E-state index in [0.717, 1.165) is 0 Å². The van der Waals surface area contributed by atoms with Gasteiger partial charge in [0.1, 0.15) is 24.7 Å². The summed E-state index contributed by atoms with van der Waals surface area (Å²) in [7, 11) is -8.24.